The van der Waals surface area contributed by atoms with Gasteiger partial charge in [0.25, 0.3) is 0 Å². The van der Waals surface area contributed by atoms with Crippen molar-refractivity contribution < 1.29 is 0 Å². The third kappa shape index (κ3) is 1.81. The van der Waals surface area contributed by atoms with E-state index in [0.717, 1.165) is 0 Å². The summed E-state index contributed by atoms with van der Waals surface area (Å²) >= 11 is 0. The smallest absolute Gasteiger partial charge is 0.0574 e. The van der Waals surface area contributed by atoms with Crippen LogP contribution in [-0.2, 0) is 0 Å². The second-order valence-corrected chi connectivity index (χ2v) is 12.4. The molecule has 0 radical (unpaired) electrons. The van der Waals surface area contributed by atoms with Crippen LogP contribution in [0.25, 0.3) is 21.9 Å². The minimum atomic E-state index is -1.31. The molecule has 0 saturated carbocycles. The van der Waals surface area contributed by atoms with E-state index in [1.807, 2.05) is 0 Å². The molecule has 1 aliphatic carbocycles. The predicted molar refractivity (Wildman–Crippen MR) is 94.6 cm³/mol. The van der Waals surface area contributed by atoms with Gasteiger partial charge < -0.3 is 0 Å². The minimum absolute atomic E-state index is 0.619. The topological polar surface area (TPSA) is 0 Å². The third-order valence-electron chi connectivity index (χ3n) is 4.68. The highest BCUT2D eigenvalue weighted by atomic mass is 28.3. The highest BCUT2D eigenvalue weighted by molar-refractivity contribution is 6.78. The third-order valence-corrected chi connectivity index (χ3v) is 7.03. The Hall–Kier alpha value is -1.86. The fourth-order valence-corrected chi connectivity index (χ4v) is 6.26. The lowest BCUT2D eigenvalue weighted by atomic mass is 9.98. The Morgan fingerprint density at radius 3 is 2.24 bits per heavy atom. The van der Waals surface area contributed by atoms with Crippen molar-refractivity contribution in [3.63, 3.8) is 0 Å². The van der Waals surface area contributed by atoms with Gasteiger partial charge in [0.05, 0.1) is 8.07 Å². The van der Waals surface area contributed by atoms with Crippen LogP contribution in [0, 0.1) is 0 Å². The maximum Gasteiger partial charge on any atom is 0.0574 e. The van der Waals surface area contributed by atoms with Crippen molar-refractivity contribution in [3.8, 4) is 11.1 Å². The molecule has 3 aromatic carbocycles. The zero-order chi connectivity index (χ0) is 14.6. The number of rotatable bonds is 1. The van der Waals surface area contributed by atoms with E-state index in [1.165, 1.54) is 21.9 Å². The zero-order valence-corrected chi connectivity index (χ0v) is 13.9. The molecule has 1 unspecified atom stereocenters. The molecule has 1 aliphatic rings. The van der Waals surface area contributed by atoms with Crippen LogP contribution in [0.15, 0.2) is 60.7 Å². The van der Waals surface area contributed by atoms with Crippen LogP contribution in [-0.4, -0.2) is 8.07 Å². The van der Waals surface area contributed by atoms with E-state index in [2.05, 4.69) is 80.3 Å². The Kier molecular flexibility index (Phi) is 2.64. The average Bonchev–Trinajstić information content (AvgIpc) is 2.81. The van der Waals surface area contributed by atoms with Crippen LogP contribution in [0.3, 0.4) is 0 Å². The van der Waals surface area contributed by atoms with E-state index in [-0.39, 0.29) is 0 Å². The van der Waals surface area contributed by atoms with Gasteiger partial charge in [0.1, 0.15) is 0 Å². The summed E-state index contributed by atoms with van der Waals surface area (Å²) in [6.07, 6.45) is 0. The van der Waals surface area contributed by atoms with Crippen LogP contribution < -0.4 is 0 Å². The summed E-state index contributed by atoms with van der Waals surface area (Å²) in [6, 6.07) is 22.5. The van der Waals surface area contributed by atoms with Crippen molar-refractivity contribution in [1.82, 2.24) is 0 Å². The molecule has 0 fully saturated rings. The minimum Gasteiger partial charge on any atom is -0.0688 e. The van der Waals surface area contributed by atoms with E-state index in [9.17, 15) is 0 Å². The first-order chi connectivity index (χ1) is 10.1. The molecule has 1 atom stereocenters. The lowest BCUT2D eigenvalue weighted by Gasteiger charge is -2.27. The molecule has 21 heavy (non-hydrogen) atoms. The molecule has 0 bridgehead atoms. The highest BCUT2D eigenvalue weighted by Gasteiger charge is 2.38. The summed E-state index contributed by atoms with van der Waals surface area (Å²) in [6.45, 7) is 7.45. The maximum absolute atomic E-state index is 2.48. The van der Waals surface area contributed by atoms with Crippen molar-refractivity contribution in [1.29, 1.82) is 0 Å². The van der Waals surface area contributed by atoms with Crippen molar-refractivity contribution >= 4 is 18.8 Å². The molecule has 1 heteroatoms. The lowest BCUT2D eigenvalue weighted by molar-refractivity contribution is 1.12. The fraction of sp³-hybridized carbons (Fsp3) is 0.200. The van der Waals surface area contributed by atoms with E-state index < -0.39 is 8.07 Å². The van der Waals surface area contributed by atoms with Crippen LogP contribution in [0.1, 0.15) is 16.7 Å². The van der Waals surface area contributed by atoms with Gasteiger partial charge in [-0.25, -0.2) is 0 Å². The summed E-state index contributed by atoms with van der Waals surface area (Å²) in [7, 11) is -1.31. The quantitative estimate of drug-likeness (QED) is 0.494. The first-order valence-corrected chi connectivity index (χ1v) is 11.3. The standard InChI is InChI=1S/C20H20Si/c1-21(2,3)20-17-11-7-6-10-16(17)19-15-9-5-4-8-14(15)12-13-18(19)20/h4-13,20H,1-3H3. The molecule has 0 heterocycles. The summed E-state index contributed by atoms with van der Waals surface area (Å²) in [5, 5.41) is 2.76. The molecule has 3 aromatic rings. The van der Waals surface area contributed by atoms with Gasteiger partial charge in [-0.15, -0.1) is 0 Å². The molecule has 0 saturated heterocycles. The van der Waals surface area contributed by atoms with Gasteiger partial charge in [0, 0.05) is 5.54 Å². The van der Waals surface area contributed by atoms with E-state index >= 15 is 0 Å². The molecule has 0 N–H and O–H groups in total. The average molecular weight is 288 g/mol. The Bertz CT molecular complexity index is 840. The number of hydrogen-bond acceptors (Lipinski definition) is 0. The second kappa shape index (κ2) is 4.31. The normalized spacial score (nSPS) is 16.8. The van der Waals surface area contributed by atoms with E-state index in [4.69, 9.17) is 0 Å². The molecule has 4 rings (SSSR count). The van der Waals surface area contributed by atoms with E-state index in [0.29, 0.717) is 5.54 Å². The maximum atomic E-state index is 2.48. The Morgan fingerprint density at radius 1 is 0.714 bits per heavy atom. The molecule has 0 amide bonds. The second-order valence-electron chi connectivity index (χ2n) is 7.14. The van der Waals surface area contributed by atoms with Gasteiger partial charge in [-0.05, 0) is 33.0 Å². The summed E-state index contributed by atoms with van der Waals surface area (Å²) in [5.74, 6) is 0. The van der Waals surface area contributed by atoms with Crippen LogP contribution in [0.2, 0.25) is 19.6 Å². The van der Waals surface area contributed by atoms with Crippen molar-refractivity contribution in [3.05, 3.63) is 71.8 Å². The van der Waals surface area contributed by atoms with Crippen molar-refractivity contribution in [2.24, 2.45) is 0 Å². The van der Waals surface area contributed by atoms with Crippen molar-refractivity contribution in [2.75, 3.05) is 0 Å². The molecular weight excluding hydrogens is 268 g/mol. The summed E-state index contributed by atoms with van der Waals surface area (Å²) in [4.78, 5) is 0. The van der Waals surface area contributed by atoms with Gasteiger partial charge in [-0.3, -0.25) is 0 Å². The van der Waals surface area contributed by atoms with Crippen LogP contribution in [0.4, 0.5) is 0 Å². The van der Waals surface area contributed by atoms with Gasteiger partial charge in [-0.1, -0.05) is 80.3 Å². The lowest BCUT2D eigenvalue weighted by Crippen LogP contribution is -2.30. The first kappa shape index (κ1) is 12.8. The Balaban J connectivity index is 2.14. The molecule has 0 nitrogen and oxygen atoms in total. The van der Waals surface area contributed by atoms with Gasteiger partial charge in [0.2, 0.25) is 0 Å². The van der Waals surface area contributed by atoms with Crippen LogP contribution >= 0.6 is 0 Å². The number of benzene rings is 3. The van der Waals surface area contributed by atoms with Crippen molar-refractivity contribution in [2.45, 2.75) is 25.2 Å². The Labute approximate surface area is 127 Å². The van der Waals surface area contributed by atoms with E-state index in [1.54, 1.807) is 11.1 Å². The number of hydrogen-bond donors (Lipinski definition) is 0. The molecule has 0 spiro atoms. The summed E-state index contributed by atoms with van der Waals surface area (Å²) < 4.78 is 0. The Morgan fingerprint density at radius 2 is 1.43 bits per heavy atom. The van der Waals surface area contributed by atoms with Crippen LogP contribution in [0.5, 0.6) is 0 Å². The first-order valence-electron chi connectivity index (χ1n) is 7.68. The predicted octanol–water partition coefficient (Wildman–Crippen LogP) is 5.83. The largest absolute Gasteiger partial charge is 0.0688 e. The summed E-state index contributed by atoms with van der Waals surface area (Å²) in [5.41, 5.74) is 6.65. The van der Waals surface area contributed by atoms with Gasteiger partial charge >= 0.3 is 0 Å². The molecule has 0 aromatic heterocycles. The fourth-order valence-electron chi connectivity index (χ4n) is 3.91. The zero-order valence-electron chi connectivity index (χ0n) is 12.9. The van der Waals surface area contributed by atoms with Gasteiger partial charge in [-0.2, -0.15) is 0 Å². The molecule has 0 aliphatic heterocycles. The number of fused-ring (bicyclic) bond motifs is 5. The SMILES string of the molecule is C[Si](C)(C)C1c2ccccc2-c2c1ccc1ccccc21. The monoisotopic (exact) mass is 288 g/mol. The molecular formula is C20H20Si. The highest BCUT2D eigenvalue weighted by Crippen LogP contribution is 2.51. The molecule has 104 valence electrons. The van der Waals surface area contributed by atoms with Gasteiger partial charge in [0.15, 0.2) is 0 Å².